The SMILES string of the molecule is Cc1ccc2[nH]ncc2c1-c1nc(-c2ccccc2NC(C)(C)C)nc(C(N)=O)c1N. The minimum Gasteiger partial charge on any atom is -0.395 e. The molecule has 31 heavy (non-hydrogen) atoms. The Bertz CT molecular complexity index is 1300. The van der Waals surface area contributed by atoms with E-state index in [0.717, 1.165) is 33.3 Å². The Balaban J connectivity index is 2.02. The lowest BCUT2D eigenvalue weighted by molar-refractivity contribution is 0.0996. The normalized spacial score (nSPS) is 11.6. The van der Waals surface area contributed by atoms with Crippen LogP contribution in [-0.4, -0.2) is 31.6 Å². The summed E-state index contributed by atoms with van der Waals surface area (Å²) < 4.78 is 0. The number of nitrogens with one attached hydrogen (secondary N) is 2. The number of primary amides is 1. The van der Waals surface area contributed by atoms with Gasteiger partial charge in [-0.3, -0.25) is 9.89 Å². The molecule has 0 aliphatic heterocycles. The summed E-state index contributed by atoms with van der Waals surface area (Å²) in [6.07, 6.45) is 1.72. The summed E-state index contributed by atoms with van der Waals surface area (Å²) in [7, 11) is 0. The summed E-state index contributed by atoms with van der Waals surface area (Å²) in [6, 6.07) is 11.6. The average Bonchev–Trinajstić information content (AvgIpc) is 3.16. The average molecular weight is 416 g/mol. The number of anilines is 2. The van der Waals surface area contributed by atoms with Gasteiger partial charge < -0.3 is 16.8 Å². The monoisotopic (exact) mass is 415 g/mol. The standard InChI is InChI=1S/C23H25N7O/c1-12-9-10-16-14(11-26-30-16)17(12)19-18(24)20(21(25)31)28-22(27-19)13-7-5-6-8-15(13)29-23(2,3)4/h5-11,29H,24H2,1-4H3,(H2,25,31)(H,26,30). The zero-order chi connectivity index (χ0) is 22.3. The summed E-state index contributed by atoms with van der Waals surface area (Å²) >= 11 is 0. The van der Waals surface area contributed by atoms with Crippen LogP contribution in [0.5, 0.6) is 0 Å². The Labute approximate surface area is 180 Å². The molecule has 8 heteroatoms. The van der Waals surface area contributed by atoms with Gasteiger partial charge in [0.15, 0.2) is 11.5 Å². The number of benzene rings is 2. The summed E-state index contributed by atoms with van der Waals surface area (Å²) in [6.45, 7) is 8.16. The van der Waals surface area contributed by atoms with E-state index in [1.165, 1.54) is 0 Å². The van der Waals surface area contributed by atoms with Crippen LogP contribution in [0.3, 0.4) is 0 Å². The van der Waals surface area contributed by atoms with E-state index in [2.05, 4.69) is 41.3 Å². The smallest absolute Gasteiger partial charge is 0.269 e. The van der Waals surface area contributed by atoms with Gasteiger partial charge in [-0.15, -0.1) is 0 Å². The number of H-pyrrole nitrogens is 1. The Morgan fingerprint density at radius 2 is 1.84 bits per heavy atom. The molecule has 1 amide bonds. The van der Waals surface area contributed by atoms with Crippen molar-refractivity contribution in [3.8, 4) is 22.6 Å². The summed E-state index contributed by atoms with van der Waals surface area (Å²) in [5.74, 6) is -0.342. The summed E-state index contributed by atoms with van der Waals surface area (Å²) in [5.41, 5.74) is 16.6. The van der Waals surface area contributed by atoms with Gasteiger partial charge in [0, 0.05) is 27.7 Å². The number of hydrogen-bond acceptors (Lipinski definition) is 6. The Hall–Kier alpha value is -3.94. The van der Waals surface area contributed by atoms with Crippen LogP contribution in [0.4, 0.5) is 11.4 Å². The van der Waals surface area contributed by atoms with Gasteiger partial charge in [-0.2, -0.15) is 5.10 Å². The molecule has 0 unspecified atom stereocenters. The first-order chi connectivity index (χ1) is 14.7. The molecule has 0 aliphatic rings. The van der Waals surface area contributed by atoms with Crippen LogP contribution in [0.15, 0.2) is 42.6 Å². The van der Waals surface area contributed by atoms with E-state index < -0.39 is 5.91 Å². The molecule has 158 valence electrons. The largest absolute Gasteiger partial charge is 0.395 e. The number of para-hydroxylation sites is 1. The van der Waals surface area contributed by atoms with E-state index >= 15 is 0 Å². The predicted molar refractivity (Wildman–Crippen MR) is 124 cm³/mol. The highest BCUT2D eigenvalue weighted by Crippen LogP contribution is 2.37. The molecule has 0 aliphatic carbocycles. The molecule has 4 aromatic rings. The third kappa shape index (κ3) is 3.79. The first kappa shape index (κ1) is 20.3. The van der Waals surface area contributed by atoms with Gasteiger partial charge in [0.1, 0.15) is 0 Å². The number of amides is 1. The Morgan fingerprint density at radius 3 is 2.55 bits per heavy atom. The number of nitrogens with zero attached hydrogens (tertiary/aromatic N) is 3. The molecule has 0 bridgehead atoms. The number of carbonyl (C=O) groups is 1. The van der Waals surface area contributed by atoms with Crippen molar-refractivity contribution in [3.63, 3.8) is 0 Å². The van der Waals surface area contributed by atoms with Crippen LogP contribution >= 0.6 is 0 Å². The molecule has 2 heterocycles. The van der Waals surface area contributed by atoms with Gasteiger partial charge in [-0.1, -0.05) is 18.2 Å². The lowest BCUT2D eigenvalue weighted by Crippen LogP contribution is -2.26. The van der Waals surface area contributed by atoms with Crippen molar-refractivity contribution in [2.75, 3.05) is 11.1 Å². The number of nitrogen functional groups attached to an aromatic ring is 1. The molecule has 8 nitrogen and oxygen atoms in total. The maximum Gasteiger partial charge on any atom is 0.269 e. The number of aryl methyl sites for hydroxylation is 1. The van der Waals surface area contributed by atoms with E-state index in [-0.39, 0.29) is 16.9 Å². The van der Waals surface area contributed by atoms with E-state index in [9.17, 15) is 4.79 Å². The van der Waals surface area contributed by atoms with Crippen LogP contribution in [-0.2, 0) is 0 Å². The second-order valence-corrected chi connectivity index (χ2v) is 8.53. The van der Waals surface area contributed by atoms with Gasteiger partial charge in [-0.25, -0.2) is 9.97 Å². The number of fused-ring (bicyclic) bond motifs is 1. The molecule has 0 radical (unpaired) electrons. The number of aromatic nitrogens is 4. The summed E-state index contributed by atoms with van der Waals surface area (Å²) in [5, 5.41) is 11.4. The molecule has 0 saturated carbocycles. The fourth-order valence-corrected chi connectivity index (χ4v) is 3.60. The van der Waals surface area contributed by atoms with Crippen molar-refractivity contribution in [1.82, 2.24) is 20.2 Å². The fourth-order valence-electron chi connectivity index (χ4n) is 3.60. The molecular formula is C23H25N7O. The molecule has 6 N–H and O–H groups in total. The van der Waals surface area contributed by atoms with Crippen molar-refractivity contribution in [1.29, 1.82) is 0 Å². The summed E-state index contributed by atoms with van der Waals surface area (Å²) in [4.78, 5) is 21.5. The van der Waals surface area contributed by atoms with Crippen LogP contribution in [0.1, 0.15) is 36.8 Å². The second-order valence-electron chi connectivity index (χ2n) is 8.53. The maximum atomic E-state index is 12.2. The second kappa shape index (κ2) is 7.39. The minimum absolute atomic E-state index is 0.00883. The van der Waals surface area contributed by atoms with Gasteiger partial charge in [0.25, 0.3) is 5.91 Å². The van der Waals surface area contributed by atoms with Crippen LogP contribution < -0.4 is 16.8 Å². The first-order valence-electron chi connectivity index (χ1n) is 9.93. The van der Waals surface area contributed by atoms with Crippen molar-refractivity contribution >= 4 is 28.2 Å². The molecular weight excluding hydrogens is 390 g/mol. The third-order valence-corrected chi connectivity index (χ3v) is 4.93. The Kier molecular flexibility index (Phi) is 4.85. The van der Waals surface area contributed by atoms with Gasteiger partial charge in [-0.05, 0) is 51.5 Å². The van der Waals surface area contributed by atoms with Crippen molar-refractivity contribution in [2.45, 2.75) is 33.2 Å². The van der Waals surface area contributed by atoms with E-state index in [0.29, 0.717) is 11.5 Å². The van der Waals surface area contributed by atoms with Crippen LogP contribution in [0, 0.1) is 6.92 Å². The van der Waals surface area contributed by atoms with Crippen molar-refractivity contribution < 1.29 is 4.79 Å². The highest BCUT2D eigenvalue weighted by Gasteiger charge is 2.23. The molecule has 0 spiro atoms. The van der Waals surface area contributed by atoms with E-state index in [4.69, 9.17) is 16.5 Å². The van der Waals surface area contributed by atoms with Gasteiger partial charge in [0.05, 0.1) is 23.1 Å². The highest BCUT2D eigenvalue weighted by molar-refractivity contribution is 6.04. The van der Waals surface area contributed by atoms with Gasteiger partial charge >= 0.3 is 0 Å². The topological polar surface area (TPSA) is 136 Å². The number of carbonyl (C=O) groups excluding carboxylic acids is 1. The van der Waals surface area contributed by atoms with Gasteiger partial charge in [0.2, 0.25) is 0 Å². The molecule has 2 aromatic carbocycles. The number of rotatable bonds is 4. The third-order valence-electron chi connectivity index (χ3n) is 4.93. The molecule has 0 fully saturated rings. The predicted octanol–water partition coefficient (Wildman–Crippen LogP) is 3.89. The van der Waals surface area contributed by atoms with Crippen LogP contribution in [0.2, 0.25) is 0 Å². The van der Waals surface area contributed by atoms with E-state index in [1.54, 1.807) is 6.20 Å². The first-order valence-corrected chi connectivity index (χ1v) is 9.93. The quantitative estimate of drug-likeness (QED) is 0.399. The zero-order valence-electron chi connectivity index (χ0n) is 17.9. The Morgan fingerprint density at radius 1 is 1.10 bits per heavy atom. The number of hydrogen-bond donors (Lipinski definition) is 4. The van der Waals surface area contributed by atoms with Crippen LogP contribution in [0.25, 0.3) is 33.5 Å². The number of aromatic amines is 1. The lowest BCUT2D eigenvalue weighted by atomic mass is 9.98. The molecule has 4 rings (SSSR count). The number of nitrogens with two attached hydrogens (primary N) is 2. The van der Waals surface area contributed by atoms with Crippen molar-refractivity contribution in [2.24, 2.45) is 5.73 Å². The fraction of sp³-hybridized carbons (Fsp3) is 0.217. The highest BCUT2D eigenvalue weighted by atomic mass is 16.1. The molecule has 0 atom stereocenters. The van der Waals surface area contributed by atoms with Crippen molar-refractivity contribution in [3.05, 3.63) is 53.9 Å². The maximum absolute atomic E-state index is 12.2. The van der Waals surface area contributed by atoms with E-state index in [1.807, 2.05) is 43.3 Å². The molecule has 2 aromatic heterocycles. The molecule has 0 saturated heterocycles. The lowest BCUT2D eigenvalue weighted by Gasteiger charge is -2.24. The minimum atomic E-state index is -0.708. The zero-order valence-corrected chi connectivity index (χ0v) is 17.9.